The highest BCUT2D eigenvalue weighted by atomic mass is 19.1. The van der Waals surface area contributed by atoms with Crippen LogP contribution in [0.2, 0.25) is 0 Å². The van der Waals surface area contributed by atoms with E-state index in [0.717, 1.165) is 12.1 Å². The molecule has 0 saturated carbocycles. The van der Waals surface area contributed by atoms with Crippen LogP contribution in [0.3, 0.4) is 0 Å². The molecule has 0 spiro atoms. The Balaban J connectivity index is 2.87. The van der Waals surface area contributed by atoms with Gasteiger partial charge in [-0.2, -0.15) is 0 Å². The first-order valence-electron chi connectivity index (χ1n) is 7.26. The SMILES string of the molecule is CC(C)CNC(=O)[C@@H](NC(=O)c1c(F)cccc1F)C(C)C. The number of rotatable bonds is 6. The molecule has 0 aromatic heterocycles. The average molecular weight is 312 g/mol. The maximum atomic E-state index is 13.6. The van der Waals surface area contributed by atoms with Gasteiger partial charge in [0, 0.05) is 6.54 Å². The zero-order chi connectivity index (χ0) is 16.9. The van der Waals surface area contributed by atoms with Gasteiger partial charge in [-0.1, -0.05) is 33.8 Å². The maximum Gasteiger partial charge on any atom is 0.257 e. The third-order valence-electron chi connectivity index (χ3n) is 3.11. The van der Waals surface area contributed by atoms with Gasteiger partial charge in [0.15, 0.2) is 0 Å². The Labute approximate surface area is 129 Å². The highest BCUT2D eigenvalue weighted by Gasteiger charge is 2.27. The molecule has 4 nitrogen and oxygen atoms in total. The molecule has 0 aliphatic carbocycles. The van der Waals surface area contributed by atoms with Gasteiger partial charge in [-0.05, 0) is 24.0 Å². The summed E-state index contributed by atoms with van der Waals surface area (Å²) in [6, 6.07) is 2.32. The summed E-state index contributed by atoms with van der Waals surface area (Å²) >= 11 is 0. The number of carbonyl (C=O) groups excluding carboxylic acids is 2. The van der Waals surface area contributed by atoms with Crippen molar-refractivity contribution in [3.8, 4) is 0 Å². The molecular weight excluding hydrogens is 290 g/mol. The first-order chi connectivity index (χ1) is 10.2. The maximum absolute atomic E-state index is 13.6. The molecule has 0 radical (unpaired) electrons. The molecule has 1 rings (SSSR count). The lowest BCUT2D eigenvalue weighted by Crippen LogP contribution is -2.50. The number of hydrogen-bond acceptors (Lipinski definition) is 2. The van der Waals surface area contributed by atoms with Crippen LogP contribution in [0.1, 0.15) is 38.1 Å². The first kappa shape index (κ1) is 18.1. The molecule has 0 aliphatic rings. The highest BCUT2D eigenvalue weighted by Crippen LogP contribution is 2.13. The summed E-state index contributed by atoms with van der Waals surface area (Å²) in [5.74, 6) is -3.17. The molecule has 0 saturated heterocycles. The first-order valence-corrected chi connectivity index (χ1v) is 7.26. The quantitative estimate of drug-likeness (QED) is 0.848. The van der Waals surface area contributed by atoms with Crippen molar-refractivity contribution in [3.05, 3.63) is 35.4 Å². The summed E-state index contributed by atoms with van der Waals surface area (Å²) in [6.45, 7) is 7.84. The van der Waals surface area contributed by atoms with Crippen LogP contribution in [0, 0.1) is 23.5 Å². The van der Waals surface area contributed by atoms with Crippen molar-refractivity contribution >= 4 is 11.8 Å². The van der Waals surface area contributed by atoms with Crippen molar-refractivity contribution in [2.45, 2.75) is 33.7 Å². The molecular formula is C16H22F2N2O2. The number of carbonyl (C=O) groups is 2. The minimum atomic E-state index is -0.956. The molecule has 1 aromatic rings. The minimum Gasteiger partial charge on any atom is -0.354 e. The van der Waals surface area contributed by atoms with Crippen molar-refractivity contribution in [2.24, 2.45) is 11.8 Å². The lowest BCUT2D eigenvalue weighted by atomic mass is 10.0. The molecule has 1 aromatic carbocycles. The van der Waals surface area contributed by atoms with Crippen LogP contribution < -0.4 is 10.6 Å². The zero-order valence-electron chi connectivity index (χ0n) is 13.2. The Morgan fingerprint density at radius 2 is 1.64 bits per heavy atom. The van der Waals surface area contributed by atoms with Crippen LogP contribution in [-0.2, 0) is 4.79 Å². The Morgan fingerprint density at radius 1 is 1.09 bits per heavy atom. The van der Waals surface area contributed by atoms with Gasteiger partial charge < -0.3 is 10.6 Å². The zero-order valence-corrected chi connectivity index (χ0v) is 13.2. The lowest BCUT2D eigenvalue weighted by molar-refractivity contribution is -0.124. The third kappa shape index (κ3) is 4.79. The monoisotopic (exact) mass is 312 g/mol. The summed E-state index contributed by atoms with van der Waals surface area (Å²) in [7, 11) is 0. The Hall–Kier alpha value is -1.98. The van der Waals surface area contributed by atoms with Gasteiger partial charge >= 0.3 is 0 Å². The molecule has 2 N–H and O–H groups in total. The molecule has 6 heteroatoms. The van der Waals surface area contributed by atoms with Crippen LogP contribution in [0.15, 0.2) is 18.2 Å². The van der Waals surface area contributed by atoms with E-state index in [1.807, 2.05) is 13.8 Å². The van der Waals surface area contributed by atoms with Gasteiger partial charge in [-0.3, -0.25) is 9.59 Å². The van der Waals surface area contributed by atoms with Crippen molar-refractivity contribution in [1.29, 1.82) is 0 Å². The van der Waals surface area contributed by atoms with Gasteiger partial charge in [0.05, 0.1) is 0 Å². The molecule has 2 amide bonds. The third-order valence-corrected chi connectivity index (χ3v) is 3.11. The van der Waals surface area contributed by atoms with Gasteiger partial charge in [0.25, 0.3) is 5.91 Å². The van der Waals surface area contributed by atoms with Gasteiger partial charge in [0.1, 0.15) is 23.2 Å². The average Bonchev–Trinajstić information content (AvgIpc) is 2.41. The molecule has 0 unspecified atom stereocenters. The normalized spacial score (nSPS) is 12.4. The molecule has 0 fully saturated rings. The number of amides is 2. The summed E-state index contributed by atoms with van der Waals surface area (Å²) in [6.07, 6.45) is 0. The highest BCUT2D eigenvalue weighted by molar-refractivity contribution is 5.98. The molecule has 22 heavy (non-hydrogen) atoms. The minimum absolute atomic E-state index is 0.217. The summed E-state index contributed by atoms with van der Waals surface area (Å²) < 4.78 is 27.2. The van der Waals surface area contributed by atoms with Gasteiger partial charge in [-0.15, -0.1) is 0 Å². The molecule has 122 valence electrons. The van der Waals surface area contributed by atoms with Crippen molar-refractivity contribution in [3.63, 3.8) is 0 Å². The molecule has 0 heterocycles. The number of halogens is 2. The number of nitrogens with one attached hydrogen (secondary N) is 2. The standard InChI is InChI=1S/C16H22F2N2O2/c1-9(2)8-19-16(22)14(10(3)4)20-15(21)13-11(17)6-5-7-12(13)18/h5-7,9-10,14H,8H2,1-4H3,(H,19,22)(H,20,21)/t14-/m0/s1. The smallest absolute Gasteiger partial charge is 0.257 e. The topological polar surface area (TPSA) is 58.2 Å². The van der Waals surface area contributed by atoms with Gasteiger partial charge in [-0.25, -0.2) is 8.78 Å². The fourth-order valence-corrected chi connectivity index (χ4v) is 1.88. The van der Waals surface area contributed by atoms with E-state index in [0.29, 0.717) is 6.54 Å². The van der Waals surface area contributed by atoms with Gasteiger partial charge in [0.2, 0.25) is 5.91 Å². The van der Waals surface area contributed by atoms with E-state index in [9.17, 15) is 18.4 Å². The van der Waals surface area contributed by atoms with Crippen LogP contribution in [-0.4, -0.2) is 24.4 Å². The second-order valence-corrected chi connectivity index (χ2v) is 5.93. The van der Waals surface area contributed by atoms with Crippen LogP contribution >= 0.6 is 0 Å². The second-order valence-electron chi connectivity index (χ2n) is 5.93. The fourth-order valence-electron chi connectivity index (χ4n) is 1.88. The summed E-state index contributed by atoms with van der Waals surface area (Å²) in [4.78, 5) is 24.2. The number of benzene rings is 1. The number of hydrogen-bond donors (Lipinski definition) is 2. The van der Waals surface area contributed by atoms with Crippen molar-refractivity contribution < 1.29 is 18.4 Å². The molecule has 0 bridgehead atoms. The fraction of sp³-hybridized carbons (Fsp3) is 0.500. The predicted molar refractivity (Wildman–Crippen MR) is 80.3 cm³/mol. The van der Waals surface area contributed by atoms with E-state index < -0.39 is 29.1 Å². The molecule has 1 atom stereocenters. The van der Waals surface area contributed by atoms with Crippen molar-refractivity contribution in [2.75, 3.05) is 6.54 Å². The van der Waals surface area contributed by atoms with E-state index in [2.05, 4.69) is 10.6 Å². The van der Waals surface area contributed by atoms with E-state index in [1.165, 1.54) is 6.07 Å². The largest absolute Gasteiger partial charge is 0.354 e. The van der Waals surface area contributed by atoms with Crippen LogP contribution in [0.25, 0.3) is 0 Å². The second kappa shape index (κ2) is 7.87. The summed E-state index contributed by atoms with van der Waals surface area (Å²) in [5.41, 5.74) is -0.676. The predicted octanol–water partition coefficient (Wildman–Crippen LogP) is 2.49. The lowest BCUT2D eigenvalue weighted by Gasteiger charge is -2.22. The van der Waals surface area contributed by atoms with Crippen molar-refractivity contribution in [1.82, 2.24) is 10.6 Å². The Kier molecular flexibility index (Phi) is 6.46. The van der Waals surface area contributed by atoms with E-state index in [4.69, 9.17) is 0 Å². The van der Waals surface area contributed by atoms with E-state index >= 15 is 0 Å². The summed E-state index contributed by atoms with van der Waals surface area (Å²) in [5, 5.41) is 5.12. The Bertz CT molecular complexity index is 525. The van der Waals surface area contributed by atoms with E-state index in [1.54, 1.807) is 13.8 Å². The van der Waals surface area contributed by atoms with Crippen LogP contribution in [0.5, 0.6) is 0 Å². The Morgan fingerprint density at radius 3 is 2.09 bits per heavy atom. The molecule has 0 aliphatic heterocycles. The van der Waals surface area contributed by atoms with Crippen LogP contribution in [0.4, 0.5) is 8.78 Å². The van der Waals surface area contributed by atoms with E-state index in [-0.39, 0.29) is 17.7 Å².